The number of hydrogen-bond donors (Lipinski definition) is 0. The van der Waals surface area contributed by atoms with Crippen molar-refractivity contribution in [3.05, 3.63) is 48.0 Å². The third-order valence-corrected chi connectivity index (χ3v) is 4.81. The van der Waals surface area contributed by atoms with E-state index in [-0.39, 0.29) is 12.5 Å². The van der Waals surface area contributed by atoms with Crippen molar-refractivity contribution in [1.29, 1.82) is 0 Å². The Bertz CT molecular complexity index is 847. The Morgan fingerprint density at radius 3 is 2.45 bits per heavy atom. The number of carbonyl (C=O) groups excluding carboxylic acids is 2. The van der Waals surface area contributed by atoms with Gasteiger partial charge < -0.3 is 24.0 Å². The van der Waals surface area contributed by atoms with Crippen LogP contribution in [0.3, 0.4) is 0 Å². The average molecular weight is 398 g/mol. The van der Waals surface area contributed by atoms with E-state index in [2.05, 4.69) is 4.90 Å². The lowest BCUT2D eigenvalue weighted by Crippen LogP contribution is -2.50. The van der Waals surface area contributed by atoms with Gasteiger partial charge in [-0.1, -0.05) is 12.1 Å². The van der Waals surface area contributed by atoms with Crippen molar-refractivity contribution in [3.8, 4) is 17.2 Å². The summed E-state index contributed by atoms with van der Waals surface area (Å²) in [6, 6.07) is 12.8. The second-order valence-corrected chi connectivity index (χ2v) is 6.59. The molecule has 1 fully saturated rings. The minimum atomic E-state index is -0.0772. The van der Waals surface area contributed by atoms with E-state index in [0.717, 1.165) is 30.8 Å². The van der Waals surface area contributed by atoms with Gasteiger partial charge in [0.15, 0.2) is 18.1 Å². The first-order valence-corrected chi connectivity index (χ1v) is 9.66. The predicted molar refractivity (Wildman–Crippen MR) is 110 cm³/mol. The number of rotatable bonds is 8. The summed E-state index contributed by atoms with van der Waals surface area (Å²) >= 11 is 0. The first-order chi connectivity index (χ1) is 14.2. The minimum Gasteiger partial charge on any atom is -0.495 e. The van der Waals surface area contributed by atoms with E-state index in [4.69, 9.17) is 14.2 Å². The molecule has 0 spiro atoms. The summed E-state index contributed by atoms with van der Waals surface area (Å²) in [7, 11) is 1.66. The van der Waals surface area contributed by atoms with Crippen LogP contribution in [0.2, 0.25) is 0 Å². The number of hydrogen-bond acceptors (Lipinski definition) is 6. The molecule has 0 radical (unpaired) electrons. The molecule has 1 aliphatic rings. The number of nitrogens with zero attached hydrogens (tertiary/aromatic N) is 2. The van der Waals surface area contributed by atoms with Crippen molar-refractivity contribution in [1.82, 2.24) is 4.90 Å². The van der Waals surface area contributed by atoms with Crippen LogP contribution < -0.4 is 19.1 Å². The number of piperazine rings is 1. The normalized spacial score (nSPS) is 13.7. The number of amides is 1. The van der Waals surface area contributed by atoms with Gasteiger partial charge in [0.25, 0.3) is 5.91 Å². The molecule has 0 N–H and O–H groups in total. The molecular weight excluding hydrogens is 372 g/mol. The Morgan fingerprint density at radius 2 is 1.76 bits per heavy atom. The fraction of sp³-hybridized carbons (Fsp3) is 0.364. The van der Waals surface area contributed by atoms with Crippen molar-refractivity contribution < 1.29 is 23.8 Å². The van der Waals surface area contributed by atoms with Gasteiger partial charge in [0.05, 0.1) is 19.4 Å². The van der Waals surface area contributed by atoms with Gasteiger partial charge in [-0.15, -0.1) is 0 Å². The van der Waals surface area contributed by atoms with Crippen molar-refractivity contribution in [3.63, 3.8) is 0 Å². The number of aldehydes is 1. The van der Waals surface area contributed by atoms with Crippen molar-refractivity contribution in [2.45, 2.75) is 6.92 Å². The highest BCUT2D eigenvalue weighted by molar-refractivity contribution is 5.79. The molecule has 7 nitrogen and oxygen atoms in total. The van der Waals surface area contributed by atoms with Gasteiger partial charge >= 0.3 is 0 Å². The van der Waals surface area contributed by atoms with Crippen LogP contribution in [0.25, 0.3) is 0 Å². The van der Waals surface area contributed by atoms with Crippen LogP contribution in [0.15, 0.2) is 42.5 Å². The maximum absolute atomic E-state index is 12.6. The fourth-order valence-electron chi connectivity index (χ4n) is 3.30. The third kappa shape index (κ3) is 4.99. The Labute approximate surface area is 170 Å². The zero-order valence-corrected chi connectivity index (χ0v) is 16.8. The van der Waals surface area contributed by atoms with E-state index in [1.807, 2.05) is 31.2 Å². The smallest absolute Gasteiger partial charge is 0.260 e. The summed E-state index contributed by atoms with van der Waals surface area (Å²) in [5.41, 5.74) is 1.54. The molecule has 7 heteroatoms. The largest absolute Gasteiger partial charge is 0.495 e. The van der Waals surface area contributed by atoms with Crippen LogP contribution >= 0.6 is 0 Å². The molecular formula is C22H26N2O5. The average Bonchev–Trinajstić information content (AvgIpc) is 2.78. The Kier molecular flexibility index (Phi) is 6.94. The maximum Gasteiger partial charge on any atom is 0.260 e. The van der Waals surface area contributed by atoms with E-state index in [0.29, 0.717) is 36.8 Å². The van der Waals surface area contributed by atoms with Crippen LogP contribution in [-0.4, -0.2) is 63.6 Å². The lowest BCUT2D eigenvalue weighted by molar-refractivity contribution is -0.133. The molecule has 1 heterocycles. The molecule has 3 rings (SSSR count). The van der Waals surface area contributed by atoms with Crippen molar-refractivity contribution in [2.24, 2.45) is 0 Å². The molecule has 2 aromatic rings. The molecule has 1 aliphatic heterocycles. The molecule has 2 aromatic carbocycles. The topological polar surface area (TPSA) is 68.3 Å². The summed E-state index contributed by atoms with van der Waals surface area (Å²) in [6.45, 7) is 4.90. The molecule has 0 bridgehead atoms. The van der Waals surface area contributed by atoms with Crippen molar-refractivity contribution in [2.75, 3.05) is 51.4 Å². The molecule has 29 heavy (non-hydrogen) atoms. The summed E-state index contributed by atoms with van der Waals surface area (Å²) in [5, 5.41) is 0. The van der Waals surface area contributed by atoms with Crippen LogP contribution in [0, 0.1) is 0 Å². The highest BCUT2D eigenvalue weighted by Gasteiger charge is 2.23. The van der Waals surface area contributed by atoms with Gasteiger partial charge in [0.1, 0.15) is 12.0 Å². The molecule has 1 saturated heterocycles. The molecule has 0 atom stereocenters. The molecule has 1 amide bonds. The van der Waals surface area contributed by atoms with Gasteiger partial charge in [-0.3, -0.25) is 9.59 Å². The highest BCUT2D eigenvalue weighted by atomic mass is 16.5. The van der Waals surface area contributed by atoms with Gasteiger partial charge in [0.2, 0.25) is 0 Å². The highest BCUT2D eigenvalue weighted by Crippen LogP contribution is 2.29. The van der Waals surface area contributed by atoms with Gasteiger partial charge in [-0.2, -0.15) is 0 Å². The van der Waals surface area contributed by atoms with E-state index < -0.39 is 0 Å². The van der Waals surface area contributed by atoms with E-state index in [1.165, 1.54) is 0 Å². The minimum absolute atomic E-state index is 0.0742. The van der Waals surface area contributed by atoms with E-state index in [1.54, 1.807) is 30.2 Å². The number of carbonyl (C=O) groups is 2. The number of methoxy groups -OCH3 is 1. The first-order valence-electron chi connectivity index (χ1n) is 9.66. The van der Waals surface area contributed by atoms with Crippen molar-refractivity contribution >= 4 is 17.9 Å². The Morgan fingerprint density at radius 1 is 1.00 bits per heavy atom. The number of anilines is 1. The second-order valence-electron chi connectivity index (χ2n) is 6.59. The van der Waals surface area contributed by atoms with Crippen LogP contribution in [-0.2, 0) is 4.79 Å². The predicted octanol–water partition coefficient (Wildman–Crippen LogP) is 2.63. The van der Waals surface area contributed by atoms with Crippen LogP contribution in [0.1, 0.15) is 17.3 Å². The summed E-state index contributed by atoms with van der Waals surface area (Å²) < 4.78 is 16.6. The number of ether oxygens (including phenoxy) is 3. The quantitative estimate of drug-likeness (QED) is 0.637. The molecule has 0 aromatic heterocycles. The standard InChI is InChI=1S/C22H26N2O5/c1-3-28-21-14-17(15-25)8-9-20(21)29-16-22(26)24-12-10-23(11-13-24)18-6-4-5-7-19(18)27-2/h4-9,14-15H,3,10-13,16H2,1-2H3. The van der Waals surface area contributed by atoms with Gasteiger partial charge in [-0.05, 0) is 37.3 Å². The zero-order valence-electron chi connectivity index (χ0n) is 16.8. The lowest BCUT2D eigenvalue weighted by Gasteiger charge is -2.36. The third-order valence-electron chi connectivity index (χ3n) is 4.81. The molecule has 0 saturated carbocycles. The van der Waals surface area contributed by atoms with E-state index in [9.17, 15) is 9.59 Å². The second kappa shape index (κ2) is 9.82. The summed E-state index contributed by atoms with van der Waals surface area (Å²) in [4.78, 5) is 27.6. The monoisotopic (exact) mass is 398 g/mol. The molecule has 0 unspecified atom stereocenters. The lowest BCUT2D eigenvalue weighted by atomic mass is 10.2. The first kappa shape index (κ1) is 20.5. The van der Waals surface area contributed by atoms with Crippen LogP contribution in [0.4, 0.5) is 5.69 Å². The summed E-state index contributed by atoms with van der Waals surface area (Å²) in [5.74, 6) is 1.67. The Balaban J connectivity index is 1.56. The van der Waals surface area contributed by atoms with Gasteiger partial charge in [-0.25, -0.2) is 0 Å². The van der Waals surface area contributed by atoms with Gasteiger partial charge in [0, 0.05) is 31.7 Å². The maximum atomic E-state index is 12.6. The SMILES string of the molecule is CCOc1cc(C=O)ccc1OCC(=O)N1CCN(c2ccccc2OC)CC1. The number of para-hydroxylation sites is 2. The fourth-order valence-corrected chi connectivity index (χ4v) is 3.30. The summed E-state index contributed by atoms with van der Waals surface area (Å²) in [6.07, 6.45) is 0.749. The zero-order chi connectivity index (χ0) is 20.6. The number of benzene rings is 2. The Hall–Kier alpha value is -3.22. The molecule has 0 aliphatic carbocycles. The molecule has 154 valence electrons. The van der Waals surface area contributed by atoms with E-state index >= 15 is 0 Å². The van der Waals surface area contributed by atoms with Crippen LogP contribution in [0.5, 0.6) is 17.2 Å².